The van der Waals surface area contributed by atoms with Crippen LogP contribution in [-0.2, 0) is 11.2 Å². The van der Waals surface area contributed by atoms with Gasteiger partial charge in [-0.25, -0.2) is 9.78 Å². The zero-order valence-corrected chi connectivity index (χ0v) is 11.3. The van der Waals surface area contributed by atoms with Crippen molar-refractivity contribution < 1.29 is 9.53 Å². The van der Waals surface area contributed by atoms with Crippen LogP contribution in [-0.4, -0.2) is 17.6 Å². The maximum absolute atomic E-state index is 11.8. The van der Waals surface area contributed by atoms with Crippen LogP contribution < -0.4 is 5.73 Å². The highest BCUT2D eigenvalue weighted by Gasteiger charge is 2.13. The molecule has 0 spiro atoms. The number of nitrogens with two attached hydrogens (primary N) is 1. The number of fused-ring (bicyclic) bond motifs is 1. The number of nitrogens with zero attached hydrogens (tertiary/aromatic N) is 1. The monoisotopic (exact) mass is 264 g/mol. The van der Waals surface area contributed by atoms with E-state index in [1.807, 2.05) is 6.07 Å². The fraction of sp³-hybridized carbons (Fsp3) is 0.385. The highest BCUT2D eigenvalue weighted by Crippen LogP contribution is 2.29. The molecule has 96 valence electrons. The third-order valence-corrected chi connectivity index (χ3v) is 3.45. The molecule has 2 N–H and O–H groups in total. The Balaban J connectivity index is 2.52. The Labute approximate surface area is 110 Å². The average molecular weight is 264 g/mol. The minimum absolute atomic E-state index is 0.288. The van der Waals surface area contributed by atoms with E-state index in [1.165, 1.54) is 11.3 Å². The number of esters is 1. The van der Waals surface area contributed by atoms with Crippen molar-refractivity contribution in [3.05, 3.63) is 23.3 Å². The highest BCUT2D eigenvalue weighted by molar-refractivity contribution is 7.22. The molecule has 1 aromatic carbocycles. The molecule has 0 atom stereocenters. The molecule has 5 heteroatoms. The van der Waals surface area contributed by atoms with Crippen LogP contribution in [0, 0.1) is 0 Å². The second-order valence-corrected chi connectivity index (χ2v) is 5.07. The molecule has 0 unspecified atom stereocenters. The van der Waals surface area contributed by atoms with Crippen LogP contribution in [0.5, 0.6) is 0 Å². The predicted octanol–water partition coefficient (Wildman–Crippen LogP) is 3.01. The van der Waals surface area contributed by atoms with E-state index in [4.69, 9.17) is 10.5 Å². The first kappa shape index (κ1) is 12.8. The van der Waals surface area contributed by atoms with Crippen molar-refractivity contribution in [1.29, 1.82) is 0 Å². The summed E-state index contributed by atoms with van der Waals surface area (Å²) in [7, 11) is 0. The molecule has 2 rings (SSSR count). The number of rotatable bonds is 4. The van der Waals surface area contributed by atoms with Crippen molar-refractivity contribution in [1.82, 2.24) is 4.98 Å². The molecule has 0 radical (unpaired) electrons. The van der Waals surface area contributed by atoms with Crippen molar-refractivity contribution >= 4 is 32.7 Å². The molecule has 0 bridgehead atoms. The lowest BCUT2D eigenvalue weighted by atomic mass is 10.1. The minimum atomic E-state index is -0.288. The van der Waals surface area contributed by atoms with Gasteiger partial charge in [-0.3, -0.25) is 0 Å². The molecule has 4 nitrogen and oxygen atoms in total. The van der Waals surface area contributed by atoms with E-state index < -0.39 is 0 Å². The summed E-state index contributed by atoms with van der Waals surface area (Å²) >= 11 is 1.40. The largest absolute Gasteiger partial charge is 0.462 e. The normalized spacial score (nSPS) is 10.8. The molecule has 0 aliphatic carbocycles. The van der Waals surface area contributed by atoms with E-state index in [9.17, 15) is 4.79 Å². The lowest BCUT2D eigenvalue weighted by Gasteiger charge is -2.05. The Hall–Kier alpha value is -1.62. The first-order valence-electron chi connectivity index (χ1n) is 6.01. The summed E-state index contributed by atoms with van der Waals surface area (Å²) in [4.78, 5) is 16.1. The molecule has 0 saturated heterocycles. The lowest BCUT2D eigenvalue weighted by molar-refractivity contribution is 0.0526. The maximum atomic E-state index is 11.8. The van der Waals surface area contributed by atoms with Gasteiger partial charge in [0, 0.05) is 0 Å². The summed E-state index contributed by atoms with van der Waals surface area (Å²) in [6, 6.07) is 3.67. The van der Waals surface area contributed by atoms with Crippen molar-refractivity contribution in [2.75, 3.05) is 12.3 Å². The topological polar surface area (TPSA) is 65.2 Å². The second kappa shape index (κ2) is 5.35. The first-order valence-corrected chi connectivity index (χ1v) is 6.83. The minimum Gasteiger partial charge on any atom is -0.462 e. The van der Waals surface area contributed by atoms with Crippen LogP contribution in [0.4, 0.5) is 5.13 Å². The molecule has 0 fully saturated rings. The SMILES string of the molecule is CCCc1cc(C(=O)OCC)cc2sc(N)nc12. The van der Waals surface area contributed by atoms with Crippen LogP contribution in [0.25, 0.3) is 10.2 Å². The van der Waals surface area contributed by atoms with Gasteiger partial charge in [0.1, 0.15) is 0 Å². The van der Waals surface area contributed by atoms with Crippen LogP contribution in [0.3, 0.4) is 0 Å². The summed E-state index contributed by atoms with van der Waals surface area (Å²) in [6.07, 6.45) is 1.88. The highest BCUT2D eigenvalue weighted by atomic mass is 32.1. The summed E-state index contributed by atoms with van der Waals surface area (Å²) in [6.45, 7) is 4.28. The summed E-state index contributed by atoms with van der Waals surface area (Å²) in [5.74, 6) is -0.288. The zero-order valence-electron chi connectivity index (χ0n) is 10.5. The molecule has 1 heterocycles. The Morgan fingerprint density at radius 2 is 2.22 bits per heavy atom. The molecular weight excluding hydrogens is 248 g/mol. The summed E-state index contributed by atoms with van der Waals surface area (Å²) < 4.78 is 5.98. The molecule has 0 aliphatic rings. The van der Waals surface area contributed by atoms with Crippen molar-refractivity contribution in [3.8, 4) is 0 Å². The molecule has 0 amide bonds. The fourth-order valence-electron chi connectivity index (χ4n) is 1.91. The van der Waals surface area contributed by atoms with Gasteiger partial charge in [0.25, 0.3) is 0 Å². The van der Waals surface area contributed by atoms with Crippen LogP contribution in [0.2, 0.25) is 0 Å². The predicted molar refractivity (Wildman–Crippen MR) is 74.0 cm³/mol. The molecule has 0 saturated carbocycles. The van der Waals surface area contributed by atoms with Gasteiger partial charge in [0.2, 0.25) is 0 Å². The van der Waals surface area contributed by atoms with E-state index in [0.29, 0.717) is 17.3 Å². The van der Waals surface area contributed by atoms with Gasteiger partial charge < -0.3 is 10.5 Å². The Morgan fingerprint density at radius 1 is 1.44 bits per heavy atom. The van der Waals surface area contributed by atoms with E-state index in [0.717, 1.165) is 28.6 Å². The zero-order chi connectivity index (χ0) is 13.1. The van der Waals surface area contributed by atoms with E-state index in [2.05, 4.69) is 11.9 Å². The number of hydrogen-bond acceptors (Lipinski definition) is 5. The third kappa shape index (κ3) is 2.46. The molecule has 1 aromatic heterocycles. The molecule has 18 heavy (non-hydrogen) atoms. The van der Waals surface area contributed by atoms with E-state index in [-0.39, 0.29) is 5.97 Å². The smallest absolute Gasteiger partial charge is 0.338 e. The van der Waals surface area contributed by atoms with Crippen molar-refractivity contribution in [3.63, 3.8) is 0 Å². The van der Waals surface area contributed by atoms with E-state index >= 15 is 0 Å². The van der Waals surface area contributed by atoms with Gasteiger partial charge in [-0.15, -0.1) is 0 Å². The van der Waals surface area contributed by atoms with Gasteiger partial charge in [-0.05, 0) is 31.0 Å². The number of thiazole rings is 1. The number of aromatic nitrogens is 1. The Morgan fingerprint density at radius 3 is 2.89 bits per heavy atom. The number of nitrogen functional groups attached to an aromatic ring is 1. The molecule has 0 aliphatic heterocycles. The standard InChI is InChI=1S/C13H16N2O2S/c1-3-5-8-6-9(12(16)17-4-2)7-10-11(8)15-13(14)18-10/h6-7H,3-5H2,1-2H3,(H2,14,15). The van der Waals surface area contributed by atoms with Gasteiger partial charge >= 0.3 is 5.97 Å². The van der Waals surface area contributed by atoms with Crippen LogP contribution in [0.1, 0.15) is 36.2 Å². The fourth-order valence-corrected chi connectivity index (χ4v) is 2.73. The first-order chi connectivity index (χ1) is 8.65. The maximum Gasteiger partial charge on any atom is 0.338 e. The van der Waals surface area contributed by atoms with Crippen molar-refractivity contribution in [2.45, 2.75) is 26.7 Å². The molecular formula is C13H16N2O2S. The third-order valence-electron chi connectivity index (χ3n) is 2.62. The Kier molecular flexibility index (Phi) is 3.81. The quantitative estimate of drug-likeness (QED) is 0.862. The lowest BCUT2D eigenvalue weighted by Crippen LogP contribution is -2.05. The number of carbonyl (C=O) groups excluding carboxylic acids is 1. The van der Waals surface area contributed by atoms with Gasteiger partial charge in [0.15, 0.2) is 5.13 Å². The number of aryl methyl sites for hydroxylation is 1. The van der Waals surface area contributed by atoms with Gasteiger partial charge in [0.05, 0.1) is 22.4 Å². The van der Waals surface area contributed by atoms with Crippen LogP contribution in [0.15, 0.2) is 12.1 Å². The summed E-state index contributed by atoms with van der Waals surface area (Å²) in [5, 5.41) is 0.531. The van der Waals surface area contributed by atoms with Gasteiger partial charge in [-0.1, -0.05) is 24.7 Å². The number of hydrogen-bond donors (Lipinski definition) is 1. The number of benzene rings is 1. The van der Waals surface area contributed by atoms with Gasteiger partial charge in [-0.2, -0.15) is 0 Å². The van der Waals surface area contributed by atoms with E-state index in [1.54, 1.807) is 13.0 Å². The number of carbonyl (C=O) groups is 1. The summed E-state index contributed by atoms with van der Waals surface area (Å²) in [5.41, 5.74) is 8.28. The van der Waals surface area contributed by atoms with Crippen molar-refractivity contribution in [2.24, 2.45) is 0 Å². The molecule has 2 aromatic rings. The average Bonchev–Trinajstić information content (AvgIpc) is 2.70. The number of ether oxygens (including phenoxy) is 1. The number of anilines is 1. The second-order valence-electron chi connectivity index (χ2n) is 4.00. The Bertz CT molecular complexity index is 578. The van der Waals surface area contributed by atoms with Crippen LogP contribution >= 0.6 is 11.3 Å².